The van der Waals surface area contributed by atoms with E-state index < -0.39 is 0 Å². The lowest BCUT2D eigenvalue weighted by atomic mass is 10.2. The van der Waals surface area contributed by atoms with Gasteiger partial charge in [0.15, 0.2) is 5.82 Å². The fraction of sp³-hybridized carbons (Fsp3) is 0.0556. The zero-order valence-corrected chi connectivity index (χ0v) is 13.4. The maximum absolute atomic E-state index is 12.5. The number of aromatic nitrogens is 5. The summed E-state index contributed by atoms with van der Waals surface area (Å²) in [6.45, 7) is 1.86. The minimum atomic E-state index is -0.239. The minimum Gasteiger partial charge on any atom is -0.306 e. The maximum atomic E-state index is 12.5. The average Bonchev–Trinajstić information content (AvgIpc) is 3.02. The van der Waals surface area contributed by atoms with Crippen LogP contribution in [0.3, 0.4) is 0 Å². The van der Waals surface area contributed by atoms with Crippen molar-refractivity contribution in [1.29, 1.82) is 0 Å². The van der Waals surface area contributed by atoms with E-state index in [1.54, 1.807) is 41.5 Å². The van der Waals surface area contributed by atoms with Crippen molar-refractivity contribution in [2.24, 2.45) is 0 Å². The first kappa shape index (κ1) is 14.9. The SMILES string of the molecule is Cc1cc(NC(=O)c2ccncc2)n(-c2nncc3ccccc23)n1. The van der Waals surface area contributed by atoms with Crippen LogP contribution in [0, 0.1) is 6.92 Å². The molecule has 0 aliphatic heterocycles. The molecule has 0 aliphatic carbocycles. The summed E-state index contributed by atoms with van der Waals surface area (Å²) in [4.78, 5) is 16.4. The lowest BCUT2D eigenvalue weighted by molar-refractivity contribution is 0.102. The molecular formula is C18H14N6O. The molecule has 7 heteroatoms. The number of amides is 1. The number of nitrogens with one attached hydrogen (secondary N) is 1. The molecule has 3 aromatic heterocycles. The molecule has 1 N–H and O–H groups in total. The van der Waals surface area contributed by atoms with Crippen molar-refractivity contribution < 1.29 is 4.79 Å². The minimum absolute atomic E-state index is 0.239. The monoisotopic (exact) mass is 330 g/mol. The van der Waals surface area contributed by atoms with Gasteiger partial charge in [-0.25, -0.2) is 0 Å². The van der Waals surface area contributed by atoms with Gasteiger partial charge in [0.05, 0.1) is 11.9 Å². The molecule has 0 bridgehead atoms. The van der Waals surface area contributed by atoms with Crippen LogP contribution >= 0.6 is 0 Å². The number of aryl methyl sites for hydroxylation is 1. The van der Waals surface area contributed by atoms with E-state index in [0.717, 1.165) is 16.5 Å². The Kier molecular flexibility index (Phi) is 3.66. The van der Waals surface area contributed by atoms with Gasteiger partial charge in [-0.15, -0.1) is 5.10 Å². The van der Waals surface area contributed by atoms with Gasteiger partial charge in [0.2, 0.25) is 0 Å². The first-order valence-electron chi connectivity index (χ1n) is 7.71. The van der Waals surface area contributed by atoms with Crippen LogP contribution in [0.1, 0.15) is 16.1 Å². The standard InChI is InChI=1S/C18H14N6O/c1-12-10-16(21-18(25)13-6-8-19-9-7-13)24(23-12)17-15-5-3-2-4-14(15)11-20-22-17/h2-11H,1H3,(H,21,25). The predicted molar refractivity (Wildman–Crippen MR) is 93.6 cm³/mol. The summed E-state index contributed by atoms with van der Waals surface area (Å²) in [5, 5.41) is 17.5. The summed E-state index contributed by atoms with van der Waals surface area (Å²) in [7, 11) is 0. The highest BCUT2D eigenvalue weighted by molar-refractivity contribution is 6.04. The van der Waals surface area contributed by atoms with Crippen molar-refractivity contribution in [1.82, 2.24) is 25.0 Å². The Morgan fingerprint density at radius 1 is 1.12 bits per heavy atom. The van der Waals surface area contributed by atoms with Crippen LogP contribution in [0.2, 0.25) is 0 Å². The number of carbonyl (C=O) groups excluding carboxylic acids is 1. The predicted octanol–water partition coefficient (Wildman–Crippen LogP) is 2.77. The summed E-state index contributed by atoms with van der Waals surface area (Å²) < 4.78 is 1.60. The zero-order chi connectivity index (χ0) is 17.2. The molecule has 4 aromatic rings. The number of benzene rings is 1. The number of pyridine rings is 1. The Hall–Kier alpha value is -3.61. The molecule has 0 fully saturated rings. The Balaban J connectivity index is 1.78. The second-order valence-corrected chi connectivity index (χ2v) is 5.53. The van der Waals surface area contributed by atoms with Gasteiger partial charge in [-0.2, -0.15) is 14.9 Å². The number of rotatable bonds is 3. The molecule has 0 atom stereocenters. The molecule has 122 valence electrons. The van der Waals surface area contributed by atoms with Crippen molar-refractivity contribution in [3.05, 3.63) is 72.3 Å². The summed E-state index contributed by atoms with van der Waals surface area (Å²) in [5.41, 5.74) is 1.28. The number of nitrogens with zero attached hydrogens (tertiary/aromatic N) is 5. The van der Waals surface area contributed by atoms with Crippen LogP contribution in [0.15, 0.2) is 61.1 Å². The normalized spacial score (nSPS) is 10.8. The third-order valence-corrected chi connectivity index (χ3v) is 3.77. The van der Waals surface area contributed by atoms with Gasteiger partial charge in [-0.05, 0) is 19.1 Å². The molecule has 0 radical (unpaired) electrons. The van der Waals surface area contributed by atoms with Gasteiger partial charge in [0.25, 0.3) is 5.91 Å². The largest absolute Gasteiger partial charge is 0.306 e. The number of anilines is 1. The van der Waals surface area contributed by atoms with Gasteiger partial charge in [0.1, 0.15) is 5.82 Å². The van der Waals surface area contributed by atoms with E-state index in [1.165, 1.54) is 0 Å². The number of hydrogen-bond donors (Lipinski definition) is 1. The van der Waals surface area contributed by atoms with E-state index in [-0.39, 0.29) is 5.91 Å². The van der Waals surface area contributed by atoms with Gasteiger partial charge >= 0.3 is 0 Å². The zero-order valence-electron chi connectivity index (χ0n) is 13.4. The summed E-state index contributed by atoms with van der Waals surface area (Å²) in [6.07, 6.45) is 4.85. The molecule has 1 amide bonds. The van der Waals surface area contributed by atoms with Crippen LogP contribution in [0.5, 0.6) is 0 Å². The highest BCUT2D eigenvalue weighted by atomic mass is 16.1. The van der Waals surface area contributed by atoms with Gasteiger partial charge in [-0.1, -0.05) is 24.3 Å². The average molecular weight is 330 g/mol. The van der Waals surface area contributed by atoms with Crippen molar-refractivity contribution >= 4 is 22.5 Å². The van der Waals surface area contributed by atoms with Crippen LogP contribution in [-0.2, 0) is 0 Å². The molecule has 1 aromatic carbocycles. The summed E-state index contributed by atoms with van der Waals surface area (Å²) in [6, 6.07) is 12.9. The van der Waals surface area contributed by atoms with Crippen molar-refractivity contribution in [2.75, 3.05) is 5.32 Å². The van der Waals surface area contributed by atoms with Crippen LogP contribution in [0.4, 0.5) is 5.82 Å². The number of fused-ring (bicyclic) bond motifs is 1. The third-order valence-electron chi connectivity index (χ3n) is 3.77. The van der Waals surface area contributed by atoms with E-state index in [1.807, 2.05) is 31.2 Å². The Morgan fingerprint density at radius 3 is 2.76 bits per heavy atom. The first-order valence-corrected chi connectivity index (χ1v) is 7.71. The highest BCUT2D eigenvalue weighted by Crippen LogP contribution is 2.23. The number of hydrogen-bond acceptors (Lipinski definition) is 5. The quantitative estimate of drug-likeness (QED) is 0.624. The molecule has 0 aliphatic rings. The van der Waals surface area contributed by atoms with E-state index >= 15 is 0 Å². The van der Waals surface area contributed by atoms with Crippen molar-refractivity contribution in [3.8, 4) is 5.82 Å². The Labute approximate surface area is 143 Å². The molecule has 3 heterocycles. The molecule has 25 heavy (non-hydrogen) atoms. The number of carbonyl (C=O) groups is 1. The van der Waals surface area contributed by atoms with E-state index in [2.05, 4.69) is 25.6 Å². The topological polar surface area (TPSA) is 85.6 Å². The lowest BCUT2D eigenvalue weighted by Gasteiger charge is -2.09. The summed E-state index contributed by atoms with van der Waals surface area (Å²) >= 11 is 0. The fourth-order valence-electron chi connectivity index (χ4n) is 2.61. The molecule has 0 saturated carbocycles. The maximum Gasteiger partial charge on any atom is 0.256 e. The summed E-state index contributed by atoms with van der Waals surface area (Å²) in [5.74, 6) is 0.859. The second-order valence-electron chi connectivity index (χ2n) is 5.53. The van der Waals surface area contributed by atoms with E-state index in [9.17, 15) is 4.79 Å². The van der Waals surface area contributed by atoms with Crippen LogP contribution in [-0.4, -0.2) is 30.9 Å². The fourth-order valence-corrected chi connectivity index (χ4v) is 2.61. The van der Waals surface area contributed by atoms with Crippen LogP contribution < -0.4 is 5.32 Å². The molecule has 0 spiro atoms. The van der Waals surface area contributed by atoms with E-state index in [0.29, 0.717) is 17.2 Å². The highest BCUT2D eigenvalue weighted by Gasteiger charge is 2.15. The smallest absolute Gasteiger partial charge is 0.256 e. The van der Waals surface area contributed by atoms with Crippen LogP contribution in [0.25, 0.3) is 16.6 Å². The first-order chi connectivity index (χ1) is 12.2. The van der Waals surface area contributed by atoms with Gasteiger partial charge < -0.3 is 5.32 Å². The van der Waals surface area contributed by atoms with Crippen molar-refractivity contribution in [3.63, 3.8) is 0 Å². The second kappa shape index (κ2) is 6.12. The molecule has 4 rings (SSSR count). The van der Waals surface area contributed by atoms with Crippen molar-refractivity contribution in [2.45, 2.75) is 6.92 Å². The molecule has 0 unspecified atom stereocenters. The molecule has 7 nitrogen and oxygen atoms in total. The molecular weight excluding hydrogens is 316 g/mol. The van der Waals surface area contributed by atoms with Gasteiger partial charge in [-0.3, -0.25) is 9.78 Å². The molecule has 0 saturated heterocycles. The Morgan fingerprint density at radius 2 is 1.92 bits per heavy atom. The van der Waals surface area contributed by atoms with E-state index in [4.69, 9.17) is 0 Å². The van der Waals surface area contributed by atoms with Gasteiger partial charge in [0, 0.05) is 34.8 Å². The lowest BCUT2D eigenvalue weighted by Crippen LogP contribution is -2.16. The Bertz CT molecular complexity index is 1050. The third kappa shape index (κ3) is 2.83.